The molecule has 14 heavy (non-hydrogen) atoms. The summed E-state index contributed by atoms with van der Waals surface area (Å²) in [4.78, 5) is 0. The van der Waals surface area contributed by atoms with Gasteiger partial charge in [0.2, 0.25) is 0 Å². The van der Waals surface area contributed by atoms with E-state index in [1.165, 1.54) is 0 Å². The summed E-state index contributed by atoms with van der Waals surface area (Å²) in [5, 5.41) is 1.09. The Morgan fingerprint density at radius 1 is 1.29 bits per heavy atom. The van der Waals surface area contributed by atoms with Gasteiger partial charge in [-0.1, -0.05) is 37.0 Å². The quantitative estimate of drug-likeness (QED) is 0.491. The van der Waals surface area contributed by atoms with Gasteiger partial charge in [0.15, 0.2) is 0 Å². The third-order valence-electron chi connectivity index (χ3n) is 2.05. The summed E-state index contributed by atoms with van der Waals surface area (Å²) in [5.41, 5.74) is 2.07. The molecule has 0 aliphatic carbocycles. The summed E-state index contributed by atoms with van der Waals surface area (Å²) in [6, 6.07) is 1.98. The van der Waals surface area contributed by atoms with E-state index >= 15 is 0 Å². The first-order valence-electron chi connectivity index (χ1n) is 4.21. The molecule has 78 valence electrons. The summed E-state index contributed by atoms with van der Waals surface area (Å²) in [6.45, 7) is 4.20. The fourth-order valence-electron chi connectivity index (χ4n) is 1.30. The summed E-state index contributed by atoms with van der Waals surface area (Å²) >= 11 is 21.3. The zero-order chi connectivity index (χ0) is 10.9. The van der Waals surface area contributed by atoms with Crippen LogP contribution in [0.1, 0.15) is 30.9 Å². The lowest BCUT2D eigenvalue weighted by Gasteiger charge is -2.14. The van der Waals surface area contributed by atoms with Crippen LogP contribution in [0.5, 0.6) is 0 Å². The van der Waals surface area contributed by atoms with Gasteiger partial charge in [-0.05, 0) is 39.0 Å². The number of hydrogen-bond donors (Lipinski definition) is 0. The van der Waals surface area contributed by atoms with E-state index in [1.54, 1.807) is 0 Å². The normalized spacial score (nSPS) is 11.1. The van der Waals surface area contributed by atoms with Gasteiger partial charge in [-0.15, -0.1) is 11.6 Å². The summed E-state index contributed by atoms with van der Waals surface area (Å²) in [6.07, 6.45) is 0. The van der Waals surface area contributed by atoms with Crippen LogP contribution < -0.4 is 0 Å². The maximum Gasteiger partial charge on any atom is 0.0737 e. The van der Waals surface area contributed by atoms with Gasteiger partial charge in [0, 0.05) is 10.4 Å². The van der Waals surface area contributed by atoms with Crippen LogP contribution >= 0.6 is 50.7 Å². The highest BCUT2D eigenvalue weighted by Crippen LogP contribution is 2.38. The Hall–Kier alpha value is 0.570. The van der Waals surface area contributed by atoms with Crippen LogP contribution in [0.15, 0.2) is 10.5 Å². The van der Waals surface area contributed by atoms with Gasteiger partial charge in [-0.2, -0.15) is 0 Å². The van der Waals surface area contributed by atoms with Crippen molar-refractivity contribution in [2.75, 3.05) is 0 Å². The maximum absolute atomic E-state index is 6.10. The fraction of sp³-hybridized carbons (Fsp3) is 0.400. The third kappa shape index (κ3) is 2.38. The van der Waals surface area contributed by atoms with Crippen molar-refractivity contribution < 1.29 is 0 Å². The molecule has 4 heteroatoms. The van der Waals surface area contributed by atoms with E-state index < -0.39 is 0 Å². The molecule has 0 spiro atoms. The second kappa shape index (κ2) is 5.07. The van der Waals surface area contributed by atoms with Gasteiger partial charge >= 0.3 is 0 Å². The molecule has 0 amide bonds. The molecule has 0 radical (unpaired) electrons. The summed E-state index contributed by atoms with van der Waals surface area (Å²) < 4.78 is 0.821. The summed E-state index contributed by atoms with van der Waals surface area (Å²) in [7, 11) is 0. The van der Waals surface area contributed by atoms with Gasteiger partial charge in [0.05, 0.1) is 10.0 Å². The number of rotatable bonds is 2. The minimum absolute atomic E-state index is 0.384. The Labute approximate surface area is 108 Å². The molecule has 0 aromatic heterocycles. The molecule has 0 saturated heterocycles. The highest BCUT2D eigenvalue weighted by Gasteiger charge is 2.15. The number of alkyl halides is 1. The molecule has 0 aliphatic rings. The van der Waals surface area contributed by atoms with Crippen LogP contribution in [0.3, 0.4) is 0 Å². The molecule has 0 bridgehead atoms. The van der Waals surface area contributed by atoms with Crippen molar-refractivity contribution in [1.29, 1.82) is 0 Å². The first kappa shape index (κ1) is 12.6. The molecule has 0 saturated carbocycles. The lowest BCUT2D eigenvalue weighted by Crippen LogP contribution is -1.96. The Morgan fingerprint density at radius 2 is 1.86 bits per heavy atom. The average molecular weight is 316 g/mol. The number of hydrogen-bond acceptors (Lipinski definition) is 0. The topological polar surface area (TPSA) is 0 Å². The van der Waals surface area contributed by atoms with E-state index in [1.807, 2.05) is 6.07 Å². The molecule has 1 aromatic rings. The van der Waals surface area contributed by atoms with Crippen molar-refractivity contribution in [3.05, 3.63) is 31.7 Å². The van der Waals surface area contributed by atoms with Crippen LogP contribution in [0.4, 0.5) is 0 Å². The molecule has 0 nitrogen and oxygen atoms in total. The van der Waals surface area contributed by atoms with E-state index in [0.717, 1.165) is 15.6 Å². The number of halogens is 4. The monoisotopic (exact) mass is 314 g/mol. The van der Waals surface area contributed by atoms with E-state index in [2.05, 4.69) is 29.8 Å². The highest BCUT2D eigenvalue weighted by atomic mass is 79.9. The van der Waals surface area contributed by atoms with Crippen molar-refractivity contribution in [2.24, 2.45) is 0 Å². The first-order chi connectivity index (χ1) is 6.49. The molecule has 0 N–H and O–H groups in total. The smallest absolute Gasteiger partial charge is 0.0737 e. The Balaban J connectivity index is 3.43. The van der Waals surface area contributed by atoms with Crippen LogP contribution in [0.25, 0.3) is 0 Å². The predicted molar refractivity (Wildman–Crippen MR) is 67.8 cm³/mol. The third-order valence-corrected chi connectivity index (χ3v) is 4.08. The van der Waals surface area contributed by atoms with Gasteiger partial charge in [-0.3, -0.25) is 0 Å². The minimum atomic E-state index is 0.384. The largest absolute Gasteiger partial charge is 0.121 e. The van der Waals surface area contributed by atoms with Gasteiger partial charge in [0.25, 0.3) is 0 Å². The van der Waals surface area contributed by atoms with Crippen molar-refractivity contribution >= 4 is 50.7 Å². The van der Waals surface area contributed by atoms with E-state index in [-0.39, 0.29) is 0 Å². The van der Waals surface area contributed by atoms with E-state index in [9.17, 15) is 0 Å². The van der Waals surface area contributed by atoms with E-state index in [4.69, 9.17) is 34.8 Å². The summed E-state index contributed by atoms with van der Waals surface area (Å²) in [5.74, 6) is 0.772. The van der Waals surface area contributed by atoms with Gasteiger partial charge < -0.3 is 0 Å². The first-order valence-corrected chi connectivity index (χ1v) is 6.29. The van der Waals surface area contributed by atoms with Crippen molar-refractivity contribution in [3.63, 3.8) is 0 Å². The average Bonchev–Trinajstić information content (AvgIpc) is 2.13. The van der Waals surface area contributed by atoms with E-state index in [0.29, 0.717) is 21.8 Å². The Morgan fingerprint density at radius 3 is 2.29 bits per heavy atom. The zero-order valence-corrected chi connectivity index (χ0v) is 11.7. The van der Waals surface area contributed by atoms with Crippen LogP contribution in [0.2, 0.25) is 10.0 Å². The molecule has 0 unspecified atom stereocenters. The molecule has 0 fully saturated rings. The second-order valence-electron chi connectivity index (χ2n) is 3.34. The lowest BCUT2D eigenvalue weighted by molar-refractivity contribution is 0.853. The van der Waals surface area contributed by atoms with Crippen molar-refractivity contribution in [1.82, 2.24) is 0 Å². The molecule has 0 heterocycles. The highest BCUT2D eigenvalue weighted by molar-refractivity contribution is 9.10. The molecular formula is C10H10BrCl3. The lowest BCUT2D eigenvalue weighted by atomic mass is 9.98. The standard InChI is InChI=1S/C10H10BrCl3/c1-5(2)6-3-8(11)10(14)9(13)7(6)4-12/h3,5H,4H2,1-2H3. The molecule has 0 atom stereocenters. The van der Waals surface area contributed by atoms with Crippen LogP contribution in [-0.4, -0.2) is 0 Å². The maximum atomic E-state index is 6.10. The Bertz CT molecular complexity index is 348. The number of benzene rings is 1. The molecule has 1 aromatic carbocycles. The minimum Gasteiger partial charge on any atom is -0.121 e. The zero-order valence-electron chi connectivity index (χ0n) is 7.87. The molecule has 1 rings (SSSR count). The fourth-order valence-corrected chi connectivity index (χ4v) is 2.66. The molecular weight excluding hydrogens is 306 g/mol. The second-order valence-corrected chi connectivity index (χ2v) is 5.22. The Kier molecular flexibility index (Phi) is 4.57. The predicted octanol–water partition coefficient (Wildman–Crippen LogP) is 5.62. The van der Waals surface area contributed by atoms with Crippen LogP contribution in [0, 0.1) is 0 Å². The van der Waals surface area contributed by atoms with Crippen LogP contribution in [-0.2, 0) is 5.88 Å². The van der Waals surface area contributed by atoms with Gasteiger partial charge in [0.1, 0.15) is 0 Å². The van der Waals surface area contributed by atoms with Crippen molar-refractivity contribution in [3.8, 4) is 0 Å². The SMILES string of the molecule is CC(C)c1cc(Br)c(Cl)c(Cl)c1CCl. The van der Waals surface area contributed by atoms with Crippen molar-refractivity contribution in [2.45, 2.75) is 25.6 Å². The van der Waals surface area contributed by atoms with Gasteiger partial charge in [-0.25, -0.2) is 0 Å². The molecule has 0 aliphatic heterocycles.